The van der Waals surface area contributed by atoms with Crippen molar-refractivity contribution in [1.82, 2.24) is 9.88 Å². The Labute approximate surface area is 97.9 Å². The summed E-state index contributed by atoms with van der Waals surface area (Å²) in [7, 11) is 2.12. The van der Waals surface area contributed by atoms with Crippen molar-refractivity contribution in [3.8, 4) is 0 Å². The SMILES string of the molecule is CC(=O)c1cnc(C2CSCCN2C)s1. The Morgan fingerprint density at radius 3 is 3.07 bits per heavy atom. The van der Waals surface area contributed by atoms with Crippen molar-refractivity contribution in [2.75, 3.05) is 25.1 Å². The molecule has 3 nitrogen and oxygen atoms in total. The molecule has 0 N–H and O–H groups in total. The lowest BCUT2D eigenvalue weighted by molar-refractivity contribution is 0.102. The number of thiazole rings is 1. The Balaban J connectivity index is 2.17. The minimum atomic E-state index is 0.116. The second-order valence-electron chi connectivity index (χ2n) is 3.69. The van der Waals surface area contributed by atoms with Gasteiger partial charge >= 0.3 is 0 Å². The summed E-state index contributed by atoms with van der Waals surface area (Å²) >= 11 is 3.49. The molecule has 1 saturated heterocycles. The van der Waals surface area contributed by atoms with Crippen molar-refractivity contribution in [2.24, 2.45) is 0 Å². The van der Waals surface area contributed by atoms with Crippen molar-refractivity contribution >= 4 is 28.9 Å². The third-order valence-electron chi connectivity index (χ3n) is 2.55. The van der Waals surface area contributed by atoms with Gasteiger partial charge in [-0.3, -0.25) is 9.69 Å². The van der Waals surface area contributed by atoms with Crippen molar-refractivity contribution in [2.45, 2.75) is 13.0 Å². The van der Waals surface area contributed by atoms with Crippen LogP contribution in [-0.4, -0.2) is 40.8 Å². The average Bonchev–Trinajstić information content (AvgIpc) is 2.67. The summed E-state index contributed by atoms with van der Waals surface area (Å²) in [6.07, 6.45) is 1.70. The molecule has 1 fully saturated rings. The molecule has 5 heteroatoms. The Morgan fingerprint density at radius 1 is 1.67 bits per heavy atom. The molecule has 0 radical (unpaired) electrons. The summed E-state index contributed by atoms with van der Waals surface area (Å²) in [5, 5.41) is 1.08. The van der Waals surface area contributed by atoms with Gasteiger partial charge in [-0.1, -0.05) is 0 Å². The first-order valence-electron chi connectivity index (χ1n) is 4.93. The summed E-state index contributed by atoms with van der Waals surface area (Å²) in [6.45, 7) is 2.70. The van der Waals surface area contributed by atoms with Gasteiger partial charge in [0.1, 0.15) is 5.01 Å². The van der Waals surface area contributed by atoms with Crippen LogP contribution in [0.5, 0.6) is 0 Å². The van der Waals surface area contributed by atoms with E-state index in [1.807, 2.05) is 11.8 Å². The number of carbonyl (C=O) groups excluding carboxylic acids is 1. The second-order valence-corrected chi connectivity index (χ2v) is 5.90. The fraction of sp³-hybridized carbons (Fsp3) is 0.600. The number of Topliss-reactive ketones (excluding diaryl/α,β-unsaturated/α-hetero) is 1. The Kier molecular flexibility index (Phi) is 3.43. The molecule has 2 heterocycles. The van der Waals surface area contributed by atoms with E-state index < -0.39 is 0 Å². The average molecular weight is 242 g/mol. The Hall–Kier alpha value is -0.390. The topological polar surface area (TPSA) is 33.2 Å². The fourth-order valence-electron chi connectivity index (χ4n) is 1.55. The molecule has 0 amide bonds. The van der Waals surface area contributed by atoms with Crippen LogP contribution in [0.4, 0.5) is 0 Å². The van der Waals surface area contributed by atoms with E-state index in [9.17, 15) is 4.79 Å². The predicted octanol–water partition coefficient (Wildman–Crippen LogP) is 2.07. The van der Waals surface area contributed by atoms with E-state index in [1.165, 1.54) is 17.1 Å². The number of carbonyl (C=O) groups is 1. The molecule has 2 rings (SSSR count). The lowest BCUT2D eigenvalue weighted by Gasteiger charge is -2.30. The molecule has 1 aromatic rings. The minimum absolute atomic E-state index is 0.116. The van der Waals surface area contributed by atoms with Crippen molar-refractivity contribution in [3.05, 3.63) is 16.1 Å². The summed E-state index contributed by atoms with van der Waals surface area (Å²) in [5.41, 5.74) is 0. The number of ketones is 1. The van der Waals surface area contributed by atoms with Gasteiger partial charge in [0.05, 0.1) is 10.9 Å². The van der Waals surface area contributed by atoms with Crippen LogP contribution in [0.1, 0.15) is 27.6 Å². The van der Waals surface area contributed by atoms with Gasteiger partial charge in [-0.25, -0.2) is 4.98 Å². The molecule has 15 heavy (non-hydrogen) atoms. The van der Waals surface area contributed by atoms with E-state index in [-0.39, 0.29) is 5.78 Å². The first kappa shape index (κ1) is 11.1. The molecule has 1 unspecified atom stereocenters. The number of aromatic nitrogens is 1. The van der Waals surface area contributed by atoms with Gasteiger partial charge in [0.15, 0.2) is 5.78 Å². The van der Waals surface area contributed by atoms with Gasteiger partial charge in [-0.05, 0) is 7.05 Å². The van der Waals surface area contributed by atoms with Crippen LogP contribution in [0.2, 0.25) is 0 Å². The molecule has 1 aliphatic heterocycles. The van der Waals surface area contributed by atoms with Crippen LogP contribution in [0.3, 0.4) is 0 Å². The summed E-state index contributed by atoms with van der Waals surface area (Å²) in [5.74, 6) is 2.39. The van der Waals surface area contributed by atoms with Gasteiger partial charge < -0.3 is 0 Å². The molecular formula is C10H14N2OS2. The lowest BCUT2D eigenvalue weighted by Crippen LogP contribution is -2.32. The standard InChI is InChI=1S/C10H14N2OS2/c1-7(13)9-5-11-10(15-9)8-6-14-4-3-12(8)2/h5,8H,3-4,6H2,1-2H3. The number of hydrogen-bond donors (Lipinski definition) is 0. The van der Waals surface area contributed by atoms with Crippen molar-refractivity contribution in [3.63, 3.8) is 0 Å². The molecule has 0 spiro atoms. The molecule has 0 bridgehead atoms. The van der Waals surface area contributed by atoms with Crippen LogP contribution in [0.25, 0.3) is 0 Å². The maximum atomic E-state index is 11.2. The van der Waals surface area contributed by atoms with Crippen LogP contribution < -0.4 is 0 Å². The van der Waals surface area contributed by atoms with Gasteiger partial charge in [-0.15, -0.1) is 11.3 Å². The van der Waals surface area contributed by atoms with E-state index in [1.54, 1.807) is 13.1 Å². The normalized spacial score (nSPS) is 22.9. The van der Waals surface area contributed by atoms with Gasteiger partial charge in [0.2, 0.25) is 0 Å². The zero-order valence-electron chi connectivity index (χ0n) is 8.90. The third kappa shape index (κ3) is 2.41. The first-order valence-corrected chi connectivity index (χ1v) is 6.90. The minimum Gasteiger partial charge on any atom is -0.296 e. The molecule has 1 aliphatic rings. The van der Waals surface area contributed by atoms with Crippen molar-refractivity contribution < 1.29 is 4.79 Å². The second kappa shape index (κ2) is 4.63. The van der Waals surface area contributed by atoms with E-state index in [0.717, 1.165) is 22.2 Å². The Morgan fingerprint density at radius 2 is 2.47 bits per heavy atom. The van der Waals surface area contributed by atoms with Gasteiger partial charge in [0.25, 0.3) is 0 Å². The van der Waals surface area contributed by atoms with Crippen LogP contribution in [-0.2, 0) is 0 Å². The monoisotopic (exact) mass is 242 g/mol. The number of hydrogen-bond acceptors (Lipinski definition) is 5. The highest BCUT2D eigenvalue weighted by atomic mass is 32.2. The van der Waals surface area contributed by atoms with E-state index in [4.69, 9.17) is 0 Å². The van der Waals surface area contributed by atoms with Crippen LogP contribution >= 0.6 is 23.1 Å². The van der Waals surface area contributed by atoms with Crippen LogP contribution in [0.15, 0.2) is 6.20 Å². The first-order chi connectivity index (χ1) is 7.18. The smallest absolute Gasteiger partial charge is 0.171 e. The molecule has 0 aliphatic carbocycles. The number of nitrogens with zero attached hydrogens (tertiary/aromatic N) is 2. The number of thioether (sulfide) groups is 1. The molecule has 0 saturated carbocycles. The lowest BCUT2D eigenvalue weighted by atomic mass is 10.3. The predicted molar refractivity (Wildman–Crippen MR) is 64.8 cm³/mol. The van der Waals surface area contributed by atoms with E-state index in [2.05, 4.69) is 16.9 Å². The molecular weight excluding hydrogens is 228 g/mol. The van der Waals surface area contributed by atoms with Gasteiger partial charge in [-0.2, -0.15) is 11.8 Å². The highest BCUT2D eigenvalue weighted by Gasteiger charge is 2.24. The Bertz CT molecular complexity index is 364. The third-order valence-corrected chi connectivity index (χ3v) is 4.77. The summed E-state index contributed by atoms with van der Waals surface area (Å²) in [6, 6.07) is 0.391. The van der Waals surface area contributed by atoms with Gasteiger partial charge in [0, 0.05) is 31.2 Å². The maximum Gasteiger partial charge on any atom is 0.171 e. The quantitative estimate of drug-likeness (QED) is 0.743. The summed E-state index contributed by atoms with van der Waals surface area (Å²) < 4.78 is 0. The summed E-state index contributed by atoms with van der Waals surface area (Å²) in [4.78, 5) is 18.6. The molecule has 1 aromatic heterocycles. The number of rotatable bonds is 2. The van der Waals surface area contributed by atoms with E-state index in [0.29, 0.717) is 6.04 Å². The zero-order valence-corrected chi connectivity index (χ0v) is 10.5. The largest absolute Gasteiger partial charge is 0.296 e. The van der Waals surface area contributed by atoms with Crippen LogP contribution in [0, 0.1) is 0 Å². The maximum absolute atomic E-state index is 11.2. The van der Waals surface area contributed by atoms with E-state index >= 15 is 0 Å². The molecule has 0 aromatic carbocycles. The zero-order chi connectivity index (χ0) is 10.8. The van der Waals surface area contributed by atoms with Crippen molar-refractivity contribution in [1.29, 1.82) is 0 Å². The molecule has 82 valence electrons. The molecule has 1 atom stereocenters. The highest BCUT2D eigenvalue weighted by Crippen LogP contribution is 2.30. The fourth-order valence-corrected chi connectivity index (χ4v) is 3.85. The highest BCUT2D eigenvalue weighted by molar-refractivity contribution is 7.99.